The number of piperidine rings is 1. The molecule has 3 aliphatic carbocycles. The second-order valence-corrected chi connectivity index (χ2v) is 13.6. The standard InChI is InChI=1S/C36H40N2O4/c1-38(23-25-7-8-25)20-18-35-22-29(39)15-17-36(35,42)31(38)21-28-13-14-30(33(40)32(28)35)34(41)37-19-16-24-9-11-27(12-10-24)26-5-3-2-4-6-26/h2-6,9-14,25,31,42H,7-8,15-23H2,1H3,(H-,37,40,41)/p+1/t31?,35?,36-,38+/m1/s1. The number of likely N-dealkylation sites (N-methyl/N-ethyl adjacent to an activating group) is 1. The number of benzene rings is 3. The molecule has 0 spiro atoms. The number of carbonyl (C=O) groups excluding carboxylic acids is 2. The molecule has 0 aromatic heterocycles. The lowest BCUT2D eigenvalue weighted by molar-refractivity contribution is -0.950. The van der Waals surface area contributed by atoms with E-state index in [-0.39, 0.29) is 35.5 Å². The fraction of sp³-hybridized carbons (Fsp3) is 0.444. The number of hydrogen-bond acceptors (Lipinski definition) is 4. The topological polar surface area (TPSA) is 86.6 Å². The Labute approximate surface area is 248 Å². The summed E-state index contributed by atoms with van der Waals surface area (Å²) in [4.78, 5) is 26.3. The molecule has 1 heterocycles. The lowest BCUT2D eigenvalue weighted by Crippen LogP contribution is -2.78. The van der Waals surface area contributed by atoms with Gasteiger partial charge < -0.3 is 20.0 Å². The third-order valence-corrected chi connectivity index (χ3v) is 11.0. The minimum atomic E-state index is -1.08. The van der Waals surface area contributed by atoms with Gasteiger partial charge in [-0.15, -0.1) is 0 Å². The Morgan fingerprint density at radius 2 is 1.74 bits per heavy atom. The van der Waals surface area contributed by atoms with E-state index in [1.807, 2.05) is 24.3 Å². The highest BCUT2D eigenvalue weighted by molar-refractivity contribution is 5.98. The van der Waals surface area contributed by atoms with E-state index >= 15 is 0 Å². The summed E-state index contributed by atoms with van der Waals surface area (Å²) in [5.74, 6) is 0.476. The lowest BCUT2D eigenvalue weighted by Gasteiger charge is -2.65. The Bertz CT molecular complexity index is 1530. The van der Waals surface area contributed by atoms with Crippen molar-refractivity contribution in [1.29, 1.82) is 0 Å². The molecule has 2 unspecified atom stereocenters. The van der Waals surface area contributed by atoms with E-state index in [0.29, 0.717) is 44.2 Å². The lowest BCUT2D eigenvalue weighted by atomic mass is 9.48. The molecule has 4 atom stereocenters. The Morgan fingerprint density at radius 1 is 1.00 bits per heavy atom. The summed E-state index contributed by atoms with van der Waals surface area (Å²) in [5.41, 5.74) is 3.37. The zero-order valence-electron chi connectivity index (χ0n) is 24.4. The molecule has 3 N–H and O–H groups in total. The quantitative estimate of drug-likeness (QED) is 0.355. The van der Waals surface area contributed by atoms with Crippen molar-refractivity contribution < 1.29 is 24.3 Å². The molecule has 0 radical (unpaired) electrons. The number of amides is 1. The molecule has 6 nitrogen and oxygen atoms in total. The fourth-order valence-corrected chi connectivity index (χ4v) is 8.62. The van der Waals surface area contributed by atoms with Gasteiger partial charge in [-0.05, 0) is 54.0 Å². The van der Waals surface area contributed by atoms with Crippen LogP contribution in [0.15, 0.2) is 66.7 Å². The van der Waals surface area contributed by atoms with E-state index in [2.05, 4.69) is 48.8 Å². The number of carbonyl (C=O) groups is 2. The smallest absolute Gasteiger partial charge is 0.255 e. The van der Waals surface area contributed by atoms with Gasteiger partial charge in [-0.2, -0.15) is 0 Å². The van der Waals surface area contributed by atoms with Crippen LogP contribution in [0.3, 0.4) is 0 Å². The van der Waals surface area contributed by atoms with Crippen LogP contribution in [0.1, 0.15) is 65.6 Å². The molecule has 1 amide bonds. The Balaban J connectivity index is 1.12. The average molecular weight is 566 g/mol. The highest BCUT2D eigenvalue weighted by Crippen LogP contribution is 2.61. The number of quaternary nitrogens is 1. The maximum absolute atomic E-state index is 13.4. The van der Waals surface area contributed by atoms with E-state index in [4.69, 9.17) is 0 Å². The fourth-order valence-electron chi connectivity index (χ4n) is 8.62. The second-order valence-electron chi connectivity index (χ2n) is 13.6. The molecular formula is C36H41N2O4+. The zero-order chi connectivity index (χ0) is 29.1. The normalized spacial score (nSPS) is 29.9. The predicted octanol–water partition coefficient (Wildman–Crippen LogP) is 4.94. The number of phenolic OH excluding ortho intramolecular Hbond substituents is 1. The predicted molar refractivity (Wildman–Crippen MR) is 162 cm³/mol. The van der Waals surface area contributed by atoms with Crippen LogP contribution in [0.4, 0.5) is 0 Å². The molecule has 4 aliphatic rings. The molecule has 1 saturated heterocycles. The van der Waals surface area contributed by atoms with E-state index in [0.717, 1.165) is 40.2 Å². The Hall–Kier alpha value is -3.48. The molecule has 7 rings (SSSR count). The van der Waals surface area contributed by atoms with Gasteiger partial charge in [0.2, 0.25) is 0 Å². The number of nitrogens with zero attached hydrogens (tertiary/aromatic N) is 1. The summed E-state index contributed by atoms with van der Waals surface area (Å²) in [5, 5.41) is 27.2. The minimum Gasteiger partial charge on any atom is -0.507 e. The molecule has 3 aromatic carbocycles. The third kappa shape index (κ3) is 4.38. The number of nitrogens with one attached hydrogen (secondary N) is 1. The highest BCUT2D eigenvalue weighted by Gasteiger charge is 2.70. The molecule has 1 aliphatic heterocycles. The van der Waals surface area contributed by atoms with Gasteiger partial charge in [-0.3, -0.25) is 9.59 Å². The summed E-state index contributed by atoms with van der Waals surface area (Å²) in [6, 6.07) is 22.3. The highest BCUT2D eigenvalue weighted by atomic mass is 16.3. The largest absolute Gasteiger partial charge is 0.507 e. The summed E-state index contributed by atoms with van der Waals surface area (Å²) >= 11 is 0. The molecule has 3 fully saturated rings. The summed E-state index contributed by atoms with van der Waals surface area (Å²) < 4.78 is 0.825. The van der Waals surface area contributed by atoms with Gasteiger partial charge in [0.05, 0.1) is 25.7 Å². The van der Waals surface area contributed by atoms with Crippen LogP contribution < -0.4 is 5.32 Å². The Morgan fingerprint density at radius 3 is 2.48 bits per heavy atom. The number of fused-ring (bicyclic) bond motifs is 1. The summed E-state index contributed by atoms with van der Waals surface area (Å²) in [7, 11) is 2.28. The molecule has 218 valence electrons. The van der Waals surface area contributed by atoms with Gasteiger partial charge in [0.25, 0.3) is 5.91 Å². The molecule has 3 aromatic rings. The monoisotopic (exact) mass is 565 g/mol. The van der Waals surface area contributed by atoms with Gasteiger partial charge in [-0.1, -0.05) is 60.7 Å². The molecule has 2 saturated carbocycles. The van der Waals surface area contributed by atoms with Crippen molar-refractivity contribution >= 4 is 11.7 Å². The SMILES string of the molecule is C[N@@+]1(CC2CC2)CCC23CC(=O)CC[C@@]2(O)C1Cc1ccc(C(=O)NCCc2ccc(-c4ccccc4)cc2)c(O)c13. The van der Waals surface area contributed by atoms with Crippen molar-refractivity contribution in [1.82, 2.24) is 5.32 Å². The number of hydrogen-bond donors (Lipinski definition) is 3. The molecular weight excluding hydrogens is 524 g/mol. The molecule has 42 heavy (non-hydrogen) atoms. The van der Waals surface area contributed by atoms with Gasteiger partial charge in [0.15, 0.2) is 0 Å². The first-order valence-corrected chi connectivity index (χ1v) is 15.6. The maximum atomic E-state index is 13.4. The second kappa shape index (κ2) is 10.1. The van der Waals surface area contributed by atoms with Crippen molar-refractivity contribution in [2.24, 2.45) is 5.92 Å². The van der Waals surface area contributed by atoms with Crippen LogP contribution >= 0.6 is 0 Å². The number of aromatic hydroxyl groups is 1. The van der Waals surface area contributed by atoms with Crippen LogP contribution in [0.25, 0.3) is 11.1 Å². The van der Waals surface area contributed by atoms with E-state index in [1.165, 1.54) is 18.4 Å². The van der Waals surface area contributed by atoms with Crippen LogP contribution in [-0.4, -0.2) is 64.7 Å². The van der Waals surface area contributed by atoms with Crippen LogP contribution in [0, 0.1) is 5.92 Å². The van der Waals surface area contributed by atoms with Crippen molar-refractivity contribution in [3.05, 3.63) is 89.0 Å². The van der Waals surface area contributed by atoms with E-state index < -0.39 is 11.0 Å². The summed E-state index contributed by atoms with van der Waals surface area (Å²) in [6.45, 7) is 2.37. The number of likely N-dealkylation sites (tertiary alicyclic amines) is 1. The van der Waals surface area contributed by atoms with Crippen molar-refractivity contribution in [3.8, 4) is 16.9 Å². The van der Waals surface area contributed by atoms with Crippen molar-refractivity contribution in [2.75, 3.05) is 26.7 Å². The Kier molecular flexibility index (Phi) is 6.55. The van der Waals surface area contributed by atoms with Gasteiger partial charge in [-0.25, -0.2) is 0 Å². The number of rotatable bonds is 7. The first-order valence-electron chi connectivity index (χ1n) is 15.6. The zero-order valence-corrected chi connectivity index (χ0v) is 24.4. The van der Waals surface area contributed by atoms with Crippen LogP contribution in [0.2, 0.25) is 0 Å². The van der Waals surface area contributed by atoms with Crippen molar-refractivity contribution in [2.45, 2.75) is 68.4 Å². The number of aliphatic hydroxyl groups is 1. The average Bonchev–Trinajstić information content (AvgIpc) is 3.80. The number of Topliss-reactive ketones (excluding diaryl/α,β-unsaturated/α-hetero) is 1. The number of ketones is 1. The molecule has 2 bridgehead atoms. The van der Waals surface area contributed by atoms with Crippen molar-refractivity contribution in [3.63, 3.8) is 0 Å². The van der Waals surface area contributed by atoms with E-state index in [1.54, 1.807) is 6.07 Å². The van der Waals surface area contributed by atoms with E-state index in [9.17, 15) is 19.8 Å². The van der Waals surface area contributed by atoms with Crippen LogP contribution in [-0.2, 0) is 23.1 Å². The minimum absolute atomic E-state index is 0.0141. The van der Waals surface area contributed by atoms with Gasteiger partial charge in [0.1, 0.15) is 23.2 Å². The van der Waals surface area contributed by atoms with Gasteiger partial charge >= 0.3 is 0 Å². The van der Waals surface area contributed by atoms with Gasteiger partial charge in [0, 0.05) is 49.1 Å². The summed E-state index contributed by atoms with van der Waals surface area (Å²) in [6.07, 6.45) is 5.51. The first kappa shape index (κ1) is 27.4. The van der Waals surface area contributed by atoms with Crippen LogP contribution in [0.5, 0.6) is 5.75 Å². The number of phenols is 1. The first-order chi connectivity index (χ1) is 20.2. The molecule has 6 heteroatoms. The maximum Gasteiger partial charge on any atom is 0.255 e. The third-order valence-electron chi connectivity index (χ3n) is 11.0.